The van der Waals surface area contributed by atoms with Crippen LogP contribution in [0.5, 0.6) is 0 Å². The number of nitrogens with one attached hydrogen (secondary N) is 1. The van der Waals surface area contributed by atoms with Crippen molar-refractivity contribution in [2.75, 3.05) is 11.9 Å². The summed E-state index contributed by atoms with van der Waals surface area (Å²) < 4.78 is 54.9. The molecular formula is C23H16F4N4O3. The SMILES string of the molecule is CNC(=O)N1C(=O)N(c2cccc(C(F)(F)F)c2)C2=C(C(=O)CC2)C1c1ccc(C#N)cc1F. The van der Waals surface area contributed by atoms with Crippen LogP contribution in [0.3, 0.4) is 0 Å². The Balaban J connectivity index is 1.96. The number of Topliss-reactive ketones (excluding diaryl/α,β-unsaturated/α-hetero) is 1. The molecule has 2 aliphatic rings. The Morgan fingerprint density at radius 1 is 1.15 bits per heavy atom. The van der Waals surface area contributed by atoms with Gasteiger partial charge < -0.3 is 5.32 Å². The molecule has 1 N–H and O–H groups in total. The summed E-state index contributed by atoms with van der Waals surface area (Å²) in [5, 5.41) is 11.3. The van der Waals surface area contributed by atoms with E-state index in [1.165, 1.54) is 25.2 Å². The molecule has 1 aliphatic carbocycles. The predicted molar refractivity (Wildman–Crippen MR) is 111 cm³/mol. The number of halogens is 4. The van der Waals surface area contributed by atoms with Crippen LogP contribution in [0.15, 0.2) is 53.7 Å². The molecule has 4 amide bonds. The van der Waals surface area contributed by atoms with Crippen molar-refractivity contribution in [1.82, 2.24) is 10.2 Å². The lowest BCUT2D eigenvalue weighted by Crippen LogP contribution is -2.55. The summed E-state index contributed by atoms with van der Waals surface area (Å²) in [4.78, 5) is 40.7. The van der Waals surface area contributed by atoms with Gasteiger partial charge in [0.25, 0.3) is 0 Å². The number of hydrogen-bond acceptors (Lipinski definition) is 4. The Morgan fingerprint density at radius 3 is 2.50 bits per heavy atom. The van der Waals surface area contributed by atoms with E-state index in [0.717, 1.165) is 29.2 Å². The maximum absolute atomic E-state index is 15.0. The molecule has 0 radical (unpaired) electrons. The molecule has 1 aliphatic heterocycles. The molecule has 2 aromatic rings. The molecule has 0 saturated carbocycles. The number of alkyl halides is 3. The first-order valence-electron chi connectivity index (χ1n) is 10.1. The van der Waals surface area contributed by atoms with Gasteiger partial charge in [-0.25, -0.2) is 18.9 Å². The number of anilines is 1. The normalized spacial score (nSPS) is 18.2. The Hall–Kier alpha value is -4.20. The van der Waals surface area contributed by atoms with Gasteiger partial charge in [-0.2, -0.15) is 18.4 Å². The quantitative estimate of drug-likeness (QED) is 0.644. The van der Waals surface area contributed by atoms with Gasteiger partial charge in [0.15, 0.2) is 5.78 Å². The van der Waals surface area contributed by atoms with Crippen molar-refractivity contribution in [2.45, 2.75) is 25.1 Å². The van der Waals surface area contributed by atoms with E-state index in [1.54, 1.807) is 6.07 Å². The van der Waals surface area contributed by atoms with Crippen molar-refractivity contribution in [1.29, 1.82) is 5.26 Å². The lowest BCUT2D eigenvalue weighted by Gasteiger charge is -2.40. The average molecular weight is 472 g/mol. The van der Waals surface area contributed by atoms with Gasteiger partial charge in [-0.15, -0.1) is 0 Å². The van der Waals surface area contributed by atoms with E-state index < -0.39 is 41.4 Å². The number of nitrogens with zero attached hydrogens (tertiary/aromatic N) is 3. The lowest BCUT2D eigenvalue weighted by atomic mass is 9.92. The lowest BCUT2D eigenvalue weighted by molar-refractivity contribution is -0.137. The fraction of sp³-hybridized carbons (Fsp3) is 0.217. The minimum Gasteiger partial charge on any atom is -0.341 e. The number of imide groups is 1. The summed E-state index contributed by atoms with van der Waals surface area (Å²) in [7, 11) is 1.22. The van der Waals surface area contributed by atoms with Crippen LogP contribution >= 0.6 is 0 Å². The molecule has 7 nitrogen and oxygen atoms in total. The van der Waals surface area contributed by atoms with E-state index in [9.17, 15) is 31.9 Å². The van der Waals surface area contributed by atoms with Crippen LogP contribution in [-0.2, 0) is 11.0 Å². The Labute approximate surface area is 190 Å². The maximum Gasteiger partial charge on any atom is 0.416 e. The van der Waals surface area contributed by atoms with Gasteiger partial charge in [0.1, 0.15) is 11.9 Å². The number of carbonyl (C=O) groups is 3. The molecule has 4 rings (SSSR count). The predicted octanol–water partition coefficient (Wildman–Crippen LogP) is 4.66. The summed E-state index contributed by atoms with van der Waals surface area (Å²) in [6, 6.07) is 5.65. The van der Waals surface area contributed by atoms with E-state index in [0.29, 0.717) is 4.90 Å². The topological polar surface area (TPSA) is 93.5 Å². The molecule has 0 fully saturated rings. The van der Waals surface area contributed by atoms with Crippen LogP contribution in [0, 0.1) is 17.1 Å². The van der Waals surface area contributed by atoms with Gasteiger partial charge in [-0.1, -0.05) is 12.1 Å². The van der Waals surface area contributed by atoms with Crippen molar-refractivity contribution in [3.05, 3.63) is 76.2 Å². The highest BCUT2D eigenvalue weighted by Gasteiger charge is 2.49. The molecule has 174 valence electrons. The number of carbonyl (C=O) groups excluding carboxylic acids is 3. The van der Waals surface area contributed by atoms with Crippen molar-refractivity contribution in [3.63, 3.8) is 0 Å². The first kappa shape index (κ1) is 23.0. The van der Waals surface area contributed by atoms with E-state index in [2.05, 4.69) is 5.32 Å². The van der Waals surface area contributed by atoms with E-state index in [1.807, 2.05) is 0 Å². The minimum absolute atomic E-state index is 0.00702. The fourth-order valence-electron chi connectivity index (χ4n) is 4.19. The first-order valence-corrected chi connectivity index (χ1v) is 10.1. The highest BCUT2D eigenvalue weighted by atomic mass is 19.4. The zero-order valence-corrected chi connectivity index (χ0v) is 17.6. The van der Waals surface area contributed by atoms with Crippen molar-refractivity contribution >= 4 is 23.5 Å². The molecule has 1 atom stereocenters. The second-order valence-electron chi connectivity index (χ2n) is 7.63. The summed E-state index contributed by atoms with van der Waals surface area (Å²) in [6.45, 7) is 0. The van der Waals surface area contributed by atoms with Crippen molar-refractivity contribution in [2.24, 2.45) is 0 Å². The number of amides is 4. The Bertz CT molecular complexity index is 1300. The number of hydrogen-bond donors (Lipinski definition) is 1. The van der Waals surface area contributed by atoms with Crippen LogP contribution in [0.4, 0.5) is 32.8 Å². The number of nitriles is 1. The van der Waals surface area contributed by atoms with Gasteiger partial charge in [-0.3, -0.25) is 9.69 Å². The summed E-state index contributed by atoms with van der Waals surface area (Å²) in [5.41, 5.74) is -1.37. The molecule has 1 unspecified atom stereocenters. The third-order valence-corrected chi connectivity index (χ3v) is 5.69. The highest BCUT2D eigenvalue weighted by Crippen LogP contribution is 2.46. The van der Waals surface area contributed by atoms with Gasteiger partial charge in [-0.05, 0) is 36.8 Å². The molecule has 0 saturated heterocycles. The molecule has 1 heterocycles. The summed E-state index contributed by atoms with van der Waals surface area (Å²) in [5.74, 6) is -1.38. The largest absolute Gasteiger partial charge is 0.416 e. The monoisotopic (exact) mass is 472 g/mol. The first-order chi connectivity index (χ1) is 16.1. The van der Waals surface area contributed by atoms with Crippen LogP contribution < -0.4 is 10.2 Å². The molecule has 0 aromatic heterocycles. The second-order valence-corrected chi connectivity index (χ2v) is 7.63. The zero-order valence-electron chi connectivity index (χ0n) is 17.6. The van der Waals surface area contributed by atoms with Crippen molar-refractivity contribution in [3.8, 4) is 6.07 Å². The van der Waals surface area contributed by atoms with Gasteiger partial charge >= 0.3 is 18.2 Å². The highest BCUT2D eigenvalue weighted by molar-refractivity contribution is 6.12. The second kappa shape index (κ2) is 8.30. The Kier molecular flexibility index (Phi) is 5.61. The van der Waals surface area contributed by atoms with Gasteiger partial charge in [0.2, 0.25) is 0 Å². The minimum atomic E-state index is -4.69. The smallest absolute Gasteiger partial charge is 0.341 e. The number of urea groups is 2. The summed E-state index contributed by atoms with van der Waals surface area (Å²) >= 11 is 0. The maximum atomic E-state index is 15.0. The van der Waals surface area contributed by atoms with Gasteiger partial charge in [0.05, 0.1) is 22.9 Å². The zero-order chi connectivity index (χ0) is 24.8. The molecule has 11 heteroatoms. The third kappa shape index (κ3) is 3.67. The number of rotatable bonds is 2. The number of ketones is 1. The van der Waals surface area contributed by atoms with Crippen LogP contribution in [0.1, 0.15) is 35.6 Å². The number of benzene rings is 2. The number of allylic oxidation sites excluding steroid dienone is 1. The van der Waals surface area contributed by atoms with Crippen molar-refractivity contribution < 1.29 is 31.9 Å². The third-order valence-electron chi connectivity index (χ3n) is 5.69. The molecule has 0 spiro atoms. The Morgan fingerprint density at radius 2 is 1.88 bits per heavy atom. The average Bonchev–Trinajstić information content (AvgIpc) is 3.18. The molecule has 0 bridgehead atoms. The van der Waals surface area contributed by atoms with E-state index in [4.69, 9.17) is 5.26 Å². The molecule has 2 aromatic carbocycles. The van der Waals surface area contributed by atoms with Crippen LogP contribution in [-0.4, -0.2) is 29.8 Å². The molecule has 34 heavy (non-hydrogen) atoms. The van der Waals surface area contributed by atoms with Gasteiger partial charge in [0, 0.05) is 30.3 Å². The van der Waals surface area contributed by atoms with E-state index >= 15 is 0 Å². The van der Waals surface area contributed by atoms with Crippen LogP contribution in [0.2, 0.25) is 0 Å². The fourth-order valence-corrected chi connectivity index (χ4v) is 4.19. The molecular weight excluding hydrogens is 456 g/mol. The summed E-state index contributed by atoms with van der Waals surface area (Å²) in [6.07, 6.45) is -4.73. The van der Waals surface area contributed by atoms with E-state index in [-0.39, 0.29) is 40.9 Å². The standard InChI is InChI=1S/C23H16F4N4O3/c1-29-21(33)31-20(15-6-5-12(11-28)9-16(15)24)19-17(7-8-18(19)32)30(22(31)34)14-4-2-3-13(10-14)23(25,26)27/h2-6,9-10,20H,7-8H2,1H3,(H,29,33). The van der Waals surface area contributed by atoms with Crippen LogP contribution in [0.25, 0.3) is 0 Å².